The lowest BCUT2D eigenvalue weighted by atomic mass is 9.98. The summed E-state index contributed by atoms with van der Waals surface area (Å²) in [6.45, 7) is 7.08. The maximum atomic E-state index is 15.4. The molecule has 13 heteroatoms. The van der Waals surface area contributed by atoms with E-state index in [2.05, 4.69) is 37.8 Å². The first-order chi connectivity index (χ1) is 19.3. The SMILES string of the molecule is C=C[C@H](C)Nc1nc2c(c(=O)n1-c1cc3ncn(C)c3cc1F)C[C@@H](C)N(C(=O)c1ccc(Br)c(C(F)(F)F)c1)C2. The third-order valence-corrected chi connectivity index (χ3v) is 7.83. The normalized spacial score (nSPS) is 16.0. The lowest BCUT2D eigenvalue weighted by Crippen LogP contribution is -2.46. The molecule has 0 radical (unpaired) electrons. The van der Waals surface area contributed by atoms with Gasteiger partial charge in [0.05, 0.1) is 40.9 Å². The Hall–Kier alpha value is -4.00. The van der Waals surface area contributed by atoms with Gasteiger partial charge >= 0.3 is 6.18 Å². The molecule has 1 aliphatic rings. The van der Waals surface area contributed by atoms with Crippen molar-refractivity contribution in [2.75, 3.05) is 5.32 Å². The number of hydrogen-bond donors (Lipinski definition) is 1. The first kappa shape index (κ1) is 28.5. The van der Waals surface area contributed by atoms with E-state index in [1.807, 2.05) is 0 Å². The number of nitrogens with one attached hydrogen (secondary N) is 1. The Bertz CT molecular complexity index is 1760. The second-order valence-electron chi connectivity index (χ2n) is 10.00. The minimum Gasteiger partial charge on any atom is -0.349 e. The quantitative estimate of drug-likeness (QED) is 0.228. The summed E-state index contributed by atoms with van der Waals surface area (Å²) in [4.78, 5) is 37.6. The van der Waals surface area contributed by atoms with E-state index in [9.17, 15) is 22.8 Å². The van der Waals surface area contributed by atoms with Gasteiger partial charge in [-0.1, -0.05) is 22.0 Å². The molecule has 3 heterocycles. The molecule has 1 N–H and O–H groups in total. The Balaban J connectivity index is 1.61. The largest absolute Gasteiger partial charge is 0.417 e. The Morgan fingerprint density at radius 1 is 1.27 bits per heavy atom. The van der Waals surface area contributed by atoms with Crippen LogP contribution in [0.1, 0.15) is 41.0 Å². The molecular weight excluding hydrogens is 608 g/mol. The molecule has 0 bridgehead atoms. The molecule has 0 aliphatic carbocycles. The van der Waals surface area contributed by atoms with Crippen LogP contribution in [0.15, 0.2) is 58.6 Å². The summed E-state index contributed by atoms with van der Waals surface area (Å²) in [5, 5.41) is 3.06. The highest BCUT2D eigenvalue weighted by molar-refractivity contribution is 9.10. The van der Waals surface area contributed by atoms with Crippen molar-refractivity contribution in [2.24, 2.45) is 7.05 Å². The van der Waals surface area contributed by atoms with Gasteiger partial charge < -0.3 is 14.8 Å². The Labute approximate surface area is 240 Å². The average Bonchev–Trinajstić information content (AvgIpc) is 3.27. The number of fused-ring (bicyclic) bond motifs is 2. The van der Waals surface area contributed by atoms with E-state index in [-0.39, 0.29) is 51.9 Å². The van der Waals surface area contributed by atoms with Crippen LogP contribution in [-0.4, -0.2) is 42.0 Å². The van der Waals surface area contributed by atoms with Crippen molar-refractivity contribution < 1.29 is 22.4 Å². The zero-order valence-electron chi connectivity index (χ0n) is 22.3. The molecule has 0 unspecified atom stereocenters. The van der Waals surface area contributed by atoms with Gasteiger partial charge in [0.15, 0.2) is 0 Å². The van der Waals surface area contributed by atoms with Gasteiger partial charge in [0, 0.05) is 40.8 Å². The van der Waals surface area contributed by atoms with Crippen LogP contribution >= 0.6 is 15.9 Å². The number of anilines is 1. The minimum atomic E-state index is -4.65. The van der Waals surface area contributed by atoms with Crippen LogP contribution < -0.4 is 10.9 Å². The van der Waals surface area contributed by atoms with Gasteiger partial charge in [0.2, 0.25) is 5.95 Å². The number of hydrogen-bond acceptors (Lipinski definition) is 5. The molecule has 0 spiro atoms. The number of imidazole rings is 1. The van der Waals surface area contributed by atoms with Crippen LogP contribution in [0.2, 0.25) is 0 Å². The number of nitrogens with zero attached hydrogens (tertiary/aromatic N) is 5. The van der Waals surface area contributed by atoms with Crippen molar-refractivity contribution in [3.63, 3.8) is 0 Å². The average molecular weight is 633 g/mol. The van der Waals surface area contributed by atoms with Crippen LogP contribution in [0.4, 0.5) is 23.5 Å². The highest BCUT2D eigenvalue weighted by Gasteiger charge is 2.36. The fourth-order valence-corrected chi connectivity index (χ4v) is 5.33. The molecule has 1 aliphatic heterocycles. The standard InChI is InChI=1S/C28H25BrF4N6O2/c1-5-14(2)35-27-36-22-12-38(25(40)16-6-7-19(29)18(9-16)28(31,32)33)15(3)8-17(22)26(41)39(27)23-11-21-24(10-20(23)30)37(4)13-34-21/h5-7,9-11,13-15H,1,8,12H2,2-4H3,(H,35,36)/t14-,15+/m0/s1. The van der Waals surface area contributed by atoms with Gasteiger partial charge in [-0.15, -0.1) is 6.58 Å². The van der Waals surface area contributed by atoms with E-state index in [4.69, 9.17) is 0 Å². The number of alkyl halides is 3. The smallest absolute Gasteiger partial charge is 0.349 e. The maximum Gasteiger partial charge on any atom is 0.417 e. The molecule has 8 nitrogen and oxygen atoms in total. The summed E-state index contributed by atoms with van der Waals surface area (Å²) < 4.78 is 58.5. The van der Waals surface area contributed by atoms with Gasteiger partial charge in [-0.2, -0.15) is 13.2 Å². The van der Waals surface area contributed by atoms with Crippen LogP contribution in [0, 0.1) is 5.82 Å². The summed E-state index contributed by atoms with van der Waals surface area (Å²) in [7, 11) is 1.73. The zero-order valence-corrected chi connectivity index (χ0v) is 23.8. The zero-order chi connectivity index (χ0) is 29.8. The molecule has 2 aromatic carbocycles. The van der Waals surface area contributed by atoms with E-state index < -0.39 is 35.1 Å². The topological polar surface area (TPSA) is 85.1 Å². The summed E-state index contributed by atoms with van der Waals surface area (Å²) >= 11 is 2.89. The predicted octanol–water partition coefficient (Wildman–Crippen LogP) is 5.61. The summed E-state index contributed by atoms with van der Waals surface area (Å²) in [6, 6.07) is 5.14. The molecule has 2 atom stereocenters. The number of rotatable bonds is 5. The van der Waals surface area contributed by atoms with Crippen molar-refractivity contribution in [1.82, 2.24) is 24.0 Å². The summed E-state index contributed by atoms with van der Waals surface area (Å²) in [5.74, 6) is -1.26. The van der Waals surface area contributed by atoms with E-state index in [1.165, 1.54) is 35.5 Å². The molecule has 0 saturated carbocycles. The molecule has 2 aromatic heterocycles. The van der Waals surface area contributed by atoms with Gasteiger partial charge in [0.25, 0.3) is 11.5 Å². The first-order valence-corrected chi connectivity index (χ1v) is 13.4. The Kier molecular flexibility index (Phi) is 7.26. The fraction of sp³-hybridized carbons (Fsp3) is 0.286. The number of amides is 1. The van der Waals surface area contributed by atoms with Gasteiger partial charge in [-0.05, 0) is 44.5 Å². The molecule has 1 amide bonds. The van der Waals surface area contributed by atoms with Crippen LogP contribution in [0.3, 0.4) is 0 Å². The number of aryl methyl sites for hydroxylation is 1. The van der Waals surface area contributed by atoms with Crippen molar-refractivity contribution >= 4 is 38.8 Å². The molecule has 41 heavy (non-hydrogen) atoms. The molecule has 214 valence electrons. The molecule has 0 saturated heterocycles. The van der Waals surface area contributed by atoms with Crippen molar-refractivity contribution in [2.45, 2.75) is 45.1 Å². The number of halogens is 5. The molecule has 4 aromatic rings. The third kappa shape index (κ3) is 5.14. The lowest BCUT2D eigenvalue weighted by molar-refractivity contribution is -0.138. The number of carbonyl (C=O) groups is 1. The van der Waals surface area contributed by atoms with E-state index in [0.717, 1.165) is 10.6 Å². The molecule has 5 rings (SSSR count). The summed E-state index contributed by atoms with van der Waals surface area (Å²) in [5.41, 5.74) is -0.104. The Morgan fingerprint density at radius 3 is 2.68 bits per heavy atom. The number of benzene rings is 2. The van der Waals surface area contributed by atoms with Crippen molar-refractivity contribution in [3.8, 4) is 5.69 Å². The Morgan fingerprint density at radius 2 is 2.00 bits per heavy atom. The number of carbonyl (C=O) groups excluding carboxylic acids is 1. The summed E-state index contributed by atoms with van der Waals surface area (Å²) in [6.07, 6.45) is -1.47. The minimum absolute atomic E-state index is 0.0280. The van der Waals surface area contributed by atoms with Gasteiger partial charge in [-0.25, -0.2) is 18.9 Å². The predicted molar refractivity (Wildman–Crippen MR) is 150 cm³/mol. The second-order valence-corrected chi connectivity index (χ2v) is 10.9. The van der Waals surface area contributed by atoms with Gasteiger partial charge in [0.1, 0.15) is 5.82 Å². The second kappa shape index (κ2) is 10.4. The fourth-order valence-electron chi connectivity index (χ4n) is 4.86. The molecule has 0 fully saturated rings. The van der Waals surface area contributed by atoms with Gasteiger partial charge in [-0.3, -0.25) is 9.59 Å². The van der Waals surface area contributed by atoms with E-state index in [1.54, 1.807) is 31.5 Å². The first-order valence-electron chi connectivity index (χ1n) is 12.6. The van der Waals surface area contributed by atoms with Crippen LogP contribution in [-0.2, 0) is 26.2 Å². The lowest BCUT2D eigenvalue weighted by Gasteiger charge is -2.35. The van der Waals surface area contributed by atoms with E-state index >= 15 is 4.39 Å². The highest BCUT2D eigenvalue weighted by atomic mass is 79.9. The third-order valence-electron chi connectivity index (χ3n) is 7.14. The maximum absolute atomic E-state index is 15.4. The molecular formula is C28H25BrF4N6O2. The monoisotopic (exact) mass is 632 g/mol. The highest BCUT2D eigenvalue weighted by Crippen LogP contribution is 2.36. The number of aromatic nitrogens is 4. The van der Waals surface area contributed by atoms with Crippen LogP contribution in [0.25, 0.3) is 16.7 Å². The van der Waals surface area contributed by atoms with Crippen molar-refractivity contribution in [1.29, 1.82) is 0 Å². The van der Waals surface area contributed by atoms with Crippen molar-refractivity contribution in [3.05, 3.63) is 92.3 Å². The van der Waals surface area contributed by atoms with E-state index in [0.29, 0.717) is 11.0 Å². The van der Waals surface area contributed by atoms with Crippen LogP contribution in [0.5, 0.6) is 0 Å².